The minimum atomic E-state index is -4.53. The minimum Gasteiger partial charge on any atom is -0.481 e. The van der Waals surface area contributed by atoms with E-state index < -0.39 is 12.0 Å². The maximum Gasteiger partial charge on any atom is 0.451 e. The first-order chi connectivity index (χ1) is 6.49. The number of aromatic nitrogens is 2. The molecule has 0 amide bonds. The van der Waals surface area contributed by atoms with Crippen LogP contribution in [0.2, 0.25) is 0 Å². The van der Waals surface area contributed by atoms with E-state index in [1.807, 2.05) is 0 Å². The molecule has 3 nitrogen and oxygen atoms in total. The summed E-state index contributed by atoms with van der Waals surface area (Å²) < 4.78 is 41.2. The van der Waals surface area contributed by atoms with E-state index in [1.165, 1.54) is 7.11 Å². The van der Waals surface area contributed by atoms with Gasteiger partial charge in [0.2, 0.25) is 11.7 Å². The van der Waals surface area contributed by atoms with Gasteiger partial charge in [0.15, 0.2) is 0 Å². The molecular formula is C8H9F3N2O. The van der Waals surface area contributed by atoms with Gasteiger partial charge in [-0.15, -0.1) is 0 Å². The molecule has 0 aliphatic rings. The predicted octanol–water partition coefficient (Wildman–Crippen LogP) is 2.07. The highest BCUT2D eigenvalue weighted by Crippen LogP contribution is 2.28. The lowest BCUT2D eigenvalue weighted by Gasteiger charge is -2.08. The molecule has 0 aliphatic carbocycles. The molecular weight excluding hydrogens is 197 g/mol. The zero-order valence-electron chi connectivity index (χ0n) is 7.72. The summed E-state index contributed by atoms with van der Waals surface area (Å²) in [7, 11) is 1.28. The SMILES string of the molecule is CCc1cnc(C(F)(F)F)nc1OC. The van der Waals surface area contributed by atoms with Gasteiger partial charge in [0.1, 0.15) is 0 Å². The van der Waals surface area contributed by atoms with Crippen molar-refractivity contribution in [2.24, 2.45) is 0 Å². The Bertz CT molecular complexity index is 325. The van der Waals surface area contributed by atoms with Crippen molar-refractivity contribution in [3.63, 3.8) is 0 Å². The molecule has 14 heavy (non-hydrogen) atoms. The summed E-state index contributed by atoms with van der Waals surface area (Å²) in [5, 5.41) is 0. The lowest BCUT2D eigenvalue weighted by atomic mass is 10.2. The first-order valence-corrected chi connectivity index (χ1v) is 3.96. The third-order valence-electron chi connectivity index (χ3n) is 1.65. The standard InChI is InChI=1S/C8H9F3N2O/c1-3-5-4-12-7(8(9,10)11)13-6(5)14-2/h4H,3H2,1-2H3. The van der Waals surface area contributed by atoms with Crippen molar-refractivity contribution in [2.75, 3.05) is 7.11 Å². The quantitative estimate of drug-likeness (QED) is 0.742. The highest BCUT2D eigenvalue weighted by Gasteiger charge is 2.35. The minimum absolute atomic E-state index is 0.0187. The number of methoxy groups -OCH3 is 1. The highest BCUT2D eigenvalue weighted by molar-refractivity contribution is 5.24. The van der Waals surface area contributed by atoms with Crippen LogP contribution >= 0.6 is 0 Å². The van der Waals surface area contributed by atoms with Gasteiger partial charge in [-0.3, -0.25) is 0 Å². The lowest BCUT2D eigenvalue weighted by molar-refractivity contribution is -0.145. The molecule has 0 unspecified atom stereocenters. The average molecular weight is 206 g/mol. The van der Waals surface area contributed by atoms with Crippen molar-refractivity contribution >= 4 is 0 Å². The van der Waals surface area contributed by atoms with Crippen LogP contribution in [0, 0.1) is 0 Å². The van der Waals surface area contributed by atoms with Crippen molar-refractivity contribution in [3.8, 4) is 5.88 Å². The van der Waals surface area contributed by atoms with Crippen LogP contribution in [0.1, 0.15) is 18.3 Å². The molecule has 0 radical (unpaired) electrons. The normalized spacial score (nSPS) is 11.5. The maximum atomic E-state index is 12.2. The predicted molar refractivity (Wildman–Crippen MR) is 43.0 cm³/mol. The van der Waals surface area contributed by atoms with Crippen molar-refractivity contribution in [3.05, 3.63) is 17.6 Å². The second kappa shape index (κ2) is 3.81. The summed E-state index contributed by atoms with van der Waals surface area (Å²) in [5.41, 5.74) is 0.556. The van der Waals surface area contributed by atoms with E-state index in [4.69, 9.17) is 4.74 Å². The Morgan fingerprint density at radius 2 is 2.07 bits per heavy atom. The smallest absolute Gasteiger partial charge is 0.451 e. The van der Waals surface area contributed by atoms with Gasteiger partial charge >= 0.3 is 6.18 Å². The van der Waals surface area contributed by atoms with Crippen LogP contribution in [0.25, 0.3) is 0 Å². The monoisotopic (exact) mass is 206 g/mol. The molecule has 0 N–H and O–H groups in total. The Morgan fingerprint density at radius 3 is 2.50 bits per heavy atom. The molecule has 1 aromatic rings. The molecule has 0 saturated carbocycles. The summed E-state index contributed by atoms with van der Waals surface area (Å²) in [6.45, 7) is 1.79. The topological polar surface area (TPSA) is 35.0 Å². The van der Waals surface area contributed by atoms with Crippen molar-refractivity contribution in [1.82, 2.24) is 9.97 Å². The number of halogens is 3. The number of nitrogens with zero attached hydrogens (tertiary/aromatic N) is 2. The first-order valence-electron chi connectivity index (χ1n) is 3.96. The van der Waals surface area contributed by atoms with Crippen LogP contribution in [0.4, 0.5) is 13.2 Å². The molecule has 0 saturated heterocycles. The average Bonchev–Trinajstić information content (AvgIpc) is 2.15. The van der Waals surface area contributed by atoms with E-state index in [0.717, 1.165) is 6.20 Å². The second-order valence-electron chi connectivity index (χ2n) is 2.58. The Kier molecular flexibility index (Phi) is 2.93. The van der Waals surface area contributed by atoms with Gasteiger partial charge in [-0.1, -0.05) is 6.92 Å². The number of ether oxygens (including phenoxy) is 1. The van der Waals surface area contributed by atoms with Crippen LogP contribution in [-0.2, 0) is 12.6 Å². The van der Waals surface area contributed by atoms with Gasteiger partial charge in [0.05, 0.1) is 7.11 Å². The van der Waals surface area contributed by atoms with Gasteiger partial charge in [0.25, 0.3) is 0 Å². The molecule has 0 fully saturated rings. The Morgan fingerprint density at radius 1 is 1.43 bits per heavy atom. The van der Waals surface area contributed by atoms with Gasteiger partial charge in [-0.2, -0.15) is 18.2 Å². The third-order valence-corrected chi connectivity index (χ3v) is 1.65. The van der Waals surface area contributed by atoms with E-state index in [1.54, 1.807) is 6.92 Å². The van der Waals surface area contributed by atoms with Crippen LogP contribution < -0.4 is 4.74 Å². The van der Waals surface area contributed by atoms with E-state index in [0.29, 0.717) is 12.0 Å². The van der Waals surface area contributed by atoms with Gasteiger partial charge in [-0.25, -0.2) is 4.98 Å². The fraction of sp³-hybridized carbons (Fsp3) is 0.500. The zero-order valence-corrected chi connectivity index (χ0v) is 7.72. The third kappa shape index (κ3) is 2.12. The summed E-state index contributed by atoms with van der Waals surface area (Å²) in [6, 6.07) is 0. The zero-order chi connectivity index (χ0) is 10.8. The fourth-order valence-electron chi connectivity index (χ4n) is 0.947. The number of aryl methyl sites for hydroxylation is 1. The molecule has 0 aromatic carbocycles. The van der Waals surface area contributed by atoms with Crippen LogP contribution in [-0.4, -0.2) is 17.1 Å². The van der Waals surface area contributed by atoms with Crippen molar-refractivity contribution in [2.45, 2.75) is 19.5 Å². The largest absolute Gasteiger partial charge is 0.481 e. The highest BCUT2D eigenvalue weighted by atomic mass is 19.4. The van der Waals surface area contributed by atoms with Gasteiger partial charge < -0.3 is 4.74 Å². The van der Waals surface area contributed by atoms with Crippen molar-refractivity contribution in [1.29, 1.82) is 0 Å². The number of alkyl halides is 3. The van der Waals surface area contributed by atoms with Gasteiger partial charge in [-0.05, 0) is 6.42 Å². The van der Waals surface area contributed by atoms with Gasteiger partial charge in [0, 0.05) is 11.8 Å². The number of rotatable bonds is 2. The van der Waals surface area contributed by atoms with E-state index in [-0.39, 0.29) is 5.88 Å². The van der Waals surface area contributed by atoms with Crippen LogP contribution in [0.5, 0.6) is 5.88 Å². The summed E-state index contributed by atoms with van der Waals surface area (Å²) >= 11 is 0. The molecule has 1 heterocycles. The Labute approximate surface area is 78.9 Å². The van der Waals surface area contributed by atoms with Crippen LogP contribution in [0.15, 0.2) is 6.20 Å². The lowest BCUT2D eigenvalue weighted by Crippen LogP contribution is -2.12. The summed E-state index contributed by atoms with van der Waals surface area (Å²) in [4.78, 5) is 6.49. The number of hydrogen-bond acceptors (Lipinski definition) is 3. The van der Waals surface area contributed by atoms with Crippen LogP contribution in [0.3, 0.4) is 0 Å². The molecule has 0 bridgehead atoms. The Balaban J connectivity index is 3.14. The number of hydrogen-bond donors (Lipinski definition) is 0. The molecule has 1 aromatic heterocycles. The molecule has 0 aliphatic heterocycles. The summed E-state index contributed by atoms with van der Waals surface area (Å²) in [6.07, 6.45) is -2.87. The second-order valence-corrected chi connectivity index (χ2v) is 2.58. The van der Waals surface area contributed by atoms with E-state index in [2.05, 4.69) is 9.97 Å². The Hall–Kier alpha value is -1.33. The van der Waals surface area contributed by atoms with E-state index in [9.17, 15) is 13.2 Å². The molecule has 0 atom stereocenters. The maximum absolute atomic E-state index is 12.2. The fourth-order valence-corrected chi connectivity index (χ4v) is 0.947. The molecule has 0 spiro atoms. The van der Waals surface area contributed by atoms with E-state index >= 15 is 0 Å². The van der Waals surface area contributed by atoms with Crippen molar-refractivity contribution < 1.29 is 17.9 Å². The molecule has 78 valence electrons. The first kappa shape index (κ1) is 10.7. The molecule has 1 rings (SSSR count). The molecule has 6 heteroatoms. The summed E-state index contributed by atoms with van der Waals surface area (Å²) in [5.74, 6) is -1.19.